The summed E-state index contributed by atoms with van der Waals surface area (Å²) in [4.78, 5) is 45.8. The molecule has 5 heterocycles. The molecule has 298 valence electrons. The first-order valence-corrected chi connectivity index (χ1v) is 20.1. The molecule has 4 aromatic rings. The molecule has 2 saturated heterocycles. The van der Waals surface area contributed by atoms with E-state index in [1.165, 1.54) is 18.4 Å². The molecule has 12 nitrogen and oxygen atoms in total. The second-order valence-electron chi connectivity index (χ2n) is 17.6. The zero-order valence-corrected chi connectivity index (χ0v) is 34.1. The van der Waals surface area contributed by atoms with E-state index in [0.29, 0.717) is 42.5 Å². The lowest BCUT2D eigenvalue weighted by Crippen LogP contribution is -2.44. The van der Waals surface area contributed by atoms with Gasteiger partial charge >= 0.3 is 12.2 Å². The van der Waals surface area contributed by atoms with Crippen LogP contribution >= 0.6 is 0 Å². The van der Waals surface area contributed by atoms with E-state index in [-0.39, 0.29) is 6.09 Å². The summed E-state index contributed by atoms with van der Waals surface area (Å²) in [5.74, 6) is 2.27. The SMILES string of the molecule is Cc1c(-c2ccc3cnc(Nc4ccc(CC5CCN(CC6CCN(C(=O)OC(C)(C)C)CC6)CC5)cc4)nc3c2)cnc2c1N(C(=O)OC(C)(C)C)CCO2. The van der Waals surface area contributed by atoms with Gasteiger partial charge in [-0.25, -0.2) is 24.5 Å². The van der Waals surface area contributed by atoms with E-state index < -0.39 is 17.3 Å². The Morgan fingerprint density at radius 1 is 0.821 bits per heavy atom. The van der Waals surface area contributed by atoms with E-state index in [0.717, 1.165) is 85.3 Å². The Labute approximate surface area is 330 Å². The zero-order chi connectivity index (χ0) is 39.6. The molecule has 0 atom stereocenters. The number of carbonyl (C=O) groups excluding carboxylic acids is 2. The molecule has 2 aromatic heterocycles. The van der Waals surface area contributed by atoms with Crippen LogP contribution in [0.15, 0.2) is 54.9 Å². The van der Waals surface area contributed by atoms with E-state index in [1.807, 2.05) is 77.8 Å². The van der Waals surface area contributed by atoms with E-state index in [4.69, 9.17) is 19.2 Å². The first-order valence-electron chi connectivity index (χ1n) is 20.1. The predicted octanol–water partition coefficient (Wildman–Crippen LogP) is 8.78. The number of rotatable bonds is 7. The molecule has 7 rings (SSSR count). The predicted molar refractivity (Wildman–Crippen MR) is 220 cm³/mol. The standard InChI is InChI=1S/C44H57N7O5/c1-29-36(27-45-39-38(29)51(22-23-54-39)42(53)56-44(5,6)7)33-10-11-34-26-46-40(48-37(34)25-33)47-35-12-8-30(9-13-35)24-31-14-18-49(19-15-31)28-32-16-20-50(21-17-32)41(52)55-43(2,3)4/h8-13,25-27,31-32H,14-24,28H2,1-7H3,(H,46,47,48). The van der Waals surface area contributed by atoms with Gasteiger partial charge in [-0.1, -0.05) is 24.3 Å². The molecule has 2 aromatic carbocycles. The van der Waals surface area contributed by atoms with Crippen LogP contribution in [0.25, 0.3) is 22.0 Å². The number of nitrogens with one attached hydrogen (secondary N) is 1. The van der Waals surface area contributed by atoms with Gasteiger partial charge < -0.3 is 29.3 Å². The van der Waals surface area contributed by atoms with Gasteiger partial charge in [-0.15, -0.1) is 0 Å². The van der Waals surface area contributed by atoms with Gasteiger partial charge in [-0.2, -0.15) is 0 Å². The van der Waals surface area contributed by atoms with Crippen molar-refractivity contribution in [3.8, 4) is 17.0 Å². The van der Waals surface area contributed by atoms with Crippen LogP contribution in [-0.4, -0.2) is 94.0 Å². The van der Waals surface area contributed by atoms with Gasteiger partial charge in [0.2, 0.25) is 11.8 Å². The summed E-state index contributed by atoms with van der Waals surface area (Å²) in [6.45, 7) is 19.0. The summed E-state index contributed by atoms with van der Waals surface area (Å²) in [5, 5.41) is 4.32. The van der Waals surface area contributed by atoms with Crippen molar-refractivity contribution in [3.63, 3.8) is 0 Å². The molecule has 0 unspecified atom stereocenters. The number of fused-ring (bicyclic) bond motifs is 2. The van der Waals surface area contributed by atoms with Gasteiger partial charge in [0.15, 0.2) is 0 Å². The maximum absolute atomic E-state index is 13.1. The number of likely N-dealkylation sites (tertiary alicyclic amines) is 2. The third-order valence-corrected chi connectivity index (χ3v) is 10.8. The monoisotopic (exact) mass is 763 g/mol. The fourth-order valence-corrected chi connectivity index (χ4v) is 7.93. The molecule has 0 aliphatic carbocycles. The maximum atomic E-state index is 13.1. The quantitative estimate of drug-likeness (QED) is 0.196. The minimum atomic E-state index is -0.619. The molecule has 56 heavy (non-hydrogen) atoms. The number of amides is 2. The van der Waals surface area contributed by atoms with Crippen molar-refractivity contribution in [1.29, 1.82) is 0 Å². The van der Waals surface area contributed by atoms with E-state index in [2.05, 4.69) is 44.5 Å². The van der Waals surface area contributed by atoms with Crippen molar-refractivity contribution in [1.82, 2.24) is 24.8 Å². The molecule has 0 bridgehead atoms. The molecule has 2 amide bonds. The average Bonchev–Trinajstić information content (AvgIpc) is 3.15. The Morgan fingerprint density at radius 3 is 2.20 bits per heavy atom. The highest BCUT2D eigenvalue weighted by atomic mass is 16.6. The molecule has 3 aliphatic rings. The maximum Gasteiger partial charge on any atom is 0.415 e. The van der Waals surface area contributed by atoms with Gasteiger partial charge in [0.1, 0.15) is 23.5 Å². The number of hydrogen-bond acceptors (Lipinski definition) is 10. The van der Waals surface area contributed by atoms with Gasteiger partial charge in [0, 0.05) is 48.7 Å². The number of piperidine rings is 2. The Bertz CT molecular complexity index is 2020. The smallest absolute Gasteiger partial charge is 0.415 e. The minimum absolute atomic E-state index is 0.180. The van der Waals surface area contributed by atoms with Gasteiger partial charge in [-0.05, 0) is 140 Å². The van der Waals surface area contributed by atoms with Crippen LogP contribution in [0, 0.1) is 18.8 Å². The van der Waals surface area contributed by atoms with Crippen LogP contribution in [0.4, 0.5) is 26.9 Å². The van der Waals surface area contributed by atoms with Crippen LogP contribution in [0.3, 0.4) is 0 Å². The molecular weight excluding hydrogens is 707 g/mol. The lowest BCUT2D eigenvalue weighted by molar-refractivity contribution is 0.0163. The van der Waals surface area contributed by atoms with Crippen LogP contribution in [0.5, 0.6) is 5.88 Å². The third kappa shape index (κ3) is 9.69. The number of carbonyl (C=O) groups is 2. The van der Waals surface area contributed by atoms with E-state index >= 15 is 0 Å². The van der Waals surface area contributed by atoms with E-state index in [1.54, 1.807) is 11.1 Å². The number of benzene rings is 2. The molecular formula is C44H57N7O5. The van der Waals surface area contributed by atoms with Crippen molar-refractivity contribution in [2.75, 3.05) is 56.1 Å². The number of aromatic nitrogens is 3. The van der Waals surface area contributed by atoms with Crippen LogP contribution in [0.1, 0.15) is 78.4 Å². The summed E-state index contributed by atoms with van der Waals surface area (Å²) in [6, 6.07) is 14.7. The summed E-state index contributed by atoms with van der Waals surface area (Å²) in [7, 11) is 0. The second kappa shape index (κ2) is 16.3. The molecule has 0 spiro atoms. The lowest BCUT2D eigenvalue weighted by Gasteiger charge is -2.38. The third-order valence-electron chi connectivity index (χ3n) is 10.8. The summed E-state index contributed by atoms with van der Waals surface area (Å²) in [5.41, 5.74) is 5.34. The Hall–Kier alpha value is -4.97. The summed E-state index contributed by atoms with van der Waals surface area (Å²) >= 11 is 0. The Balaban J connectivity index is 0.927. The number of ether oxygens (including phenoxy) is 3. The molecule has 0 saturated carbocycles. The Kier molecular flexibility index (Phi) is 11.4. The summed E-state index contributed by atoms with van der Waals surface area (Å²) in [6.07, 6.45) is 8.62. The molecule has 3 aliphatic heterocycles. The highest BCUT2D eigenvalue weighted by Gasteiger charge is 2.32. The van der Waals surface area contributed by atoms with Crippen molar-refractivity contribution in [3.05, 3.63) is 66.0 Å². The van der Waals surface area contributed by atoms with Gasteiger partial charge in [0.25, 0.3) is 0 Å². The van der Waals surface area contributed by atoms with Crippen molar-refractivity contribution in [2.24, 2.45) is 11.8 Å². The number of nitrogens with zero attached hydrogens (tertiary/aromatic N) is 6. The van der Waals surface area contributed by atoms with Crippen LogP contribution in [0.2, 0.25) is 0 Å². The first kappa shape index (κ1) is 39.3. The Morgan fingerprint density at radius 2 is 1.50 bits per heavy atom. The molecule has 1 N–H and O–H groups in total. The average molecular weight is 764 g/mol. The van der Waals surface area contributed by atoms with Gasteiger partial charge in [0.05, 0.1) is 12.1 Å². The second-order valence-corrected chi connectivity index (χ2v) is 17.6. The number of hydrogen-bond donors (Lipinski definition) is 1. The van der Waals surface area contributed by atoms with Crippen molar-refractivity contribution < 1.29 is 23.8 Å². The normalized spacial score (nSPS) is 17.3. The topological polar surface area (TPSA) is 122 Å². The molecule has 2 fully saturated rings. The zero-order valence-electron chi connectivity index (χ0n) is 34.1. The molecule has 12 heteroatoms. The fourth-order valence-electron chi connectivity index (χ4n) is 7.93. The molecule has 0 radical (unpaired) electrons. The largest absolute Gasteiger partial charge is 0.474 e. The highest BCUT2D eigenvalue weighted by molar-refractivity contribution is 5.94. The van der Waals surface area contributed by atoms with Crippen molar-refractivity contribution in [2.45, 2.75) is 91.8 Å². The fraction of sp³-hybridized carbons (Fsp3) is 0.523. The number of anilines is 3. The number of pyridine rings is 1. The highest BCUT2D eigenvalue weighted by Crippen LogP contribution is 2.39. The van der Waals surface area contributed by atoms with E-state index in [9.17, 15) is 9.59 Å². The lowest BCUT2D eigenvalue weighted by atomic mass is 9.89. The minimum Gasteiger partial charge on any atom is -0.474 e. The van der Waals surface area contributed by atoms with Crippen molar-refractivity contribution >= 4 is 40.4 Å². The van der Waals surface area contributed by atoms with Crippen LogP contribution in [-0.2, 0) is 15.9 Å². The van der Waals surface area contributed by atoms with Crippen LogP contribution < -0.4 is 15.0 Å². The first-order chi connectivity index (χ1) is 26.7. The van der Waals surface area contributed by atoms with Gasteiger partial charge in [-0.3, -0.25) is 4.90 Å². The summed E-state index contributed by atoms with van der Waals surface area (Å²) < 4.78 is 17.1.